The lowest BCUT2D eigenvalue weighted by molar-refractivity contribution is 0.0716. The van der Waals surface area contributed by atoms with Crippen LogP contribution in [-0.2, 0) is 0 Å². The zero-order valence-corrected chi connectivity index (χ0v) is 12.5. The van der Waals surface area contributed by atoms with E-state index < -0.39 is 12.5 Å². The molecule has 2 aromatic rings. The molecule has 1 aromatic carbocycles. The monoisotopic (exact) mass is 341 g/mol. The predicted molar refractivity (Wildman–Crippen MR) is 78.2 cm³/mol. The zero-order valence-electron chi connectivity index (χ0n) is 10.9. The van der Waals surface area contributed by atoms with Crippen LogP contribution in [0.3, 0.4) is 0 Å². The minimum Gasteiger partial charge on any atom is -0.369 e. The van der Waals surface area contributed by atoms with E-state index in [0.717, 1.165) is 15.6 Å². The summed E-state index contributed by atoms with van der Waals surface area (Å²) in [6, 6.07) is 7.01. The SMILES string of the molecule is Cc1ccc(-c2nn3c(c2Br)NCCC3C(F)F)cc1. The van der Waals surface area contributed by atoms with E-state index in [4.69, 9.17) is 0 Å². The van der Waals surface area contributed by atoms with Gasteiger partial charge in [-0.15, -0.1) is 0 Å². The molecule has 0 spiro atoms. The van der Waals surface area contributed by atoms with Crippen molar-refractivity contribution in [3.05, 3.63) is 34.3 Å². The van der Waals surface area contributed by atoms with Crippen molar-refractivity contribution in [2.24, 2.45) is 0 Å². The number of halogens is 3. The van der Waals surface area contributed by atoms with Gasteiger partial charge in [-0.3, -0.25) is 0 Å². The summed E-state index contributed by atoms with van der Waals surface area (Å²) in [7, 11) is 0. The van der Waals surface area contributed by atoms with Gasteiger partial charge in [0.2, 0.25) is 0 Å². The minimum atomic E-state index is -2.41. The van der Waals surface area contributed by atoms with Crippen LogP contribution in [-0.4, -0.2) is 22.8 Å². The average Bonchev–Trinajstić information content (AvgIpc) is 2.77. The van der Waals surface area contributed by atoms with Crippen LogP contribution in [0, 0.1) is 6.92 Å². The van der Waals surface area contributed by atoms with Crippen LogP contribution in [0.15, 0.2) is 28.7 Å². The quantitative estimate of drug-likeness (QED) is 0.885. The van der Waals surface area contributed by atoms with Crippen molar-refractivity contribution in [1.29, 1.82) is 0 Å². The fourth-order valence-electron chi connectivity index (χ4n) is 2.40. The number of nitrogens with zero attached hydrogens (tertiary/aromatic N) is 2. The molecular formula is C14H14BrF2N3. The second kappa shape index (κ2) is 5.16. The highest BCUT2D eigenvalue weighted by molar-refractivity contribution is 9.10. The molecule has 1 atom stereocenters. The van der Waals surface area contributed by atoms with Crippen LogP contribution < -0.4 is 5.32 Å². The van der Waals surface area contributed by atoms with E-state index in [1.165, 1.54) is 4.68 Å². The fraction of sp³-hybridized carbons (Fsp3) is 0.357. The smallest absolute Gasteiger partial charge is 0.260 e. The van der Waals surface area contributed by atoms with Crippen LogP contribution in [0.25, 0.3) is 11.3 Å². The van der Waals surface area contributed by atoms with E-state index in [1.807, 2.05) is 31.2 Å². The van der Waals surface area contributed by atoms with Gasteiger partial charge in [-0.1, -0.05) is 29.8 Å². The summed E-state index contributed by atoms with van der Waals surface area (Å²) in [5, 5.41) is 7.52. The lowest BCUT2D eigenvalue weighted by atomic mass is 10.1. The van der Waals surface area contributed by atoms with Crippen molar-refractivity contribution in [2.75, 3.05) is 11.9 Å². The number of anilines is 1. The molecule has 1 aliphatic heterocycles. The lowest BCUT2D eigenvalue weighted by Gasteiger charge is -2.24. The van der Waals surface area contributed by atoms with Gasteiger partial charge in [-0.05, 0) is 29.3 Å². The Balaban J connectivity index is 2.08. The summed E-state index contributed by atoms with van der Waals surface area (Å²) in [4.78, 5) is 0. The highest BCUT2D eigenvalue weighted by Gasteiger charge is 2.31. The van der Waals surface area contributed by atoms with Crippen molar-refractivity contribution in [1.82, 2.24) is 9.78 Å². The molecule has 0 amide bonds. The van der Waals surface area contributed by atoms with Crippen LogP contribution in [0.2, 0.25) is 0 Å². The van der Waals surface area contributed by atoms with E-state index in [0.29, 0.717) is 24.5 Å². The zero-order chi connectivity index (χ0) is 14.3. The number of aryl methyl sites for hydroxylation is 1. The number of rotatable bonds is 2. The molecule has 0 bridgehead atoms. The summed E-state index contributed by atoms with van der Waals surface area (Å²) in [5.41, 5.74) is 2.76. The maximum Gasteiger partial charge on any atom is 0.260 e. The van der Waals surface area contributed by atoms with Crippen LogP contribution in [0.1, 0.15) is 18.0 Å². The van der Waals surface area contributed by atoms with E-state index in [-0.39, 0.29) is 0 Å². The second-order valence-corrected chi connectivity index (χ2v) is 5.73. The van der Waals surface area contributed by atoms with Crippen LogP contribution in [0.4, 0.5) is 14.6 Å². The van der Waals surface area contributed by atoms with Crippen molar-refractivity contribution in [2.45, 2.75) is 25.8 Å². The Morgan fingerprint density at radius 1 is 1.35 bits per heavy atom. The number of nitrogens with one attached hydrogen (secondary N) is 1. The van der Waals surface area contributed by atoms with Crippen molar-refractivity contribution in [3.8, 4) is 11.3 Å². The minimum absolute atomic E-state index is 0.381. The standard InChI is InChI=1S/C14H14BrF2N3/c1-8-2-4-9(5-3-8)12-11(15)14-18-7-6-10(13(16)17)20(14)19-12/h2-5,10,13,18H,6-7H2,1H3. The highest BCUT2D eigenvalue weighted by Crippen LogP contribution is 2.39. The molecule has 1 aliphatic rings. The Morgan fingerprint density at radius 2 is 2.05 bits per heavy atom. The maximum atomic E-state index is 13.1. The van der Waals surface area contributed by atoms with Gasteiger partial charge in [0.05, 0.1) is 4.47 Å². The summed E-state index contributed by atoms with van der Waals surface area (Å²) in [5.74, 6) is 0.636. The van der Waals surface area contributed by atoms with E-state index >= 15 is 0 Å². The molecule has 1 N–H and O–H groups in total. The first-order chi connectivity index (χ1) is 9.58. The summed E-state index contributed by atoms with van der Waals surface area (Å²) in [6.07, 6.45) is -2.03. The molecule has 2 heterocycles. The molecule has 1 aromatic heterocycles. The molecule has 0 fully saturated rings. The van der Waals surface area contributed by atoms with Crippen molar-refractivity contribution in [3.63, 3.8) is 0 Å². The molecule has 3 nitrogen and oxygen atoms in total. The van der Waals surface area contributed by atoms with Crippen LogP contribution >= 0.6 is 15.9 Å². The Kier molecular flexibility index (Phi) is 3.50. The Labute approximate surface area is 124 Å². The number of hydrogen-bond donors (Lipinski definition) is 1. The first-order valence-electron chi connectivity index (χ1n) is 6.45. The third-order valence-corrected chi connectivity index (χ3v) is 4.27. The van der Waals surface area contributed by atoms with Crippen LogP contribution in [0.5, 0.6) is 0 Å². The number of benzene rings is 1. The molecule has 0 saturated carbocycles. The molecule has 6 heteroatoms. The molecule has 3 rings (SSSR count). The molecular weight excluding hydrogens is 328 g/mol. The Hall–Kier alpha value is -1.43. The van der Waals surface area contributed by atoms with Crippen molar-refractivity contribution >= 4 is 21.7 Å². The van der Waals surface area contributed by atoms with Gasteiger partial charge in [0.15, 0.2) is 0 Å². The van der Waals surface area contributed by atoms with Gasteiger partial charge in [0.25, 0.3) is 6.43 Å². The maximum absolute atomic E-state index is 13.1. The fourth-order valence-corrected chi connectivity index (χ4v) is 3.03. The largest absolute Gasteiger partial charge is 0.369 e. The molecule has 0 saturated heterocycles. The third-order valence-electron chi connectivity index (χ3n) is 3.52. The predicted octanol–water partition coefficient (Wildman–Crippen LogP) is 4.24. The van der Waals surface area contributed by atoms with Gasteiger partial charge in [0, 0.05) is 12.1 Å². The Morgan fingerprint density at radius 3 is 2.70 bits per heavy atom. The van der Waals surface area contributed by atoms with Gasteiger partial charge in [-0.25, -0.2) is 13.5 Å². The second-order valence-electron chi connectivity index (χ2n) is 4.94. The average molecular weight is 342 g/mol. The molecule has 0 radical (unpaired) electrons. The Bertz CT molecular complexity index is 622. The number of alkyl halides is 2. The van der Waals surface area contributed by atoms with Crippen molar-refractivity contribution < 1.29 is 8.78 Å². The highest BCUT2D eigenvalue weighted by atomic mass is 79.9. The van der Waals surface area contributed by atoms with E-state index in [2.05, 4.69) is 26.3 Å². The summed E-state index contributed by atoms with van der Waals surface area (Å²) in [6.45, 7) is 2.54. The van der Waals surface area contributed by atoms with E-state index in [1.54, 1.807) is 0 Å². The number of fused-ring (bicyclic) bond motifs is 1. The molecule has 106 valence electrons. The molecule has 0 aliphatic carbocycles. The lowest BCUT2D eigenvalue weighted by Crippen LogP contribution is -2.28. The van der Waals surface area contributed by atoms with Gasteiger partial charge in [-0.2, -0.15) is 5.10 Å². The normalized spacial score (nSPS) is 17.9. The number of aromatic nitrogens is 2. The summed E-state index contributed by atoms with van der Waals surface area (Å²) >= 11 is 3.48. The van der Waals surface area contributed by atoms with Gasteiger partial charge < -0.3 is 5.32 Å². The number of hydrogen-bond acceptors (Lipinski definition) is 2. The van der Waals surface area contributed by atoms with E-state index in [9.17, 15) is 8.78 Å². The first-order valence-corrected chi connectivity index (χ1v) is 7.24. The summed E-state index contributed by atoms with van der Waals surface area (Å²) < 4.78 is 28.3. The molecule has 20 heavy (non-hydrogen) atoms. The first kappa shape index (κ1) is 13.5. The third kappa shape index (κ3) is 2.22. The van der Waals surface area contributed by atoms with Gasteiger partial charge in [0.1, 0.15) is 17.6 Å². The topological polar surface area (TPSA) is 29.9 Å². The van der Waals surface area contributed by atoms with Gasteiger partial charge >= 0.3 is 0 Å². The molecule has 1 unspecified atom stereocenters.